The van der Waals surface area contributed by atoms with Crippen molar-refractivity contribution in [1.29, 1.82) is 0 Å². The van der Waals surface area contributed by atoms with E-state index in [1.165, 1.54) is 11.0 Å². The highest BCUT2D eigenvalue weighted by atomic mass is 32.2. The number of carbonyl (C=O) groups excluding carboxylic acids is 1. The van der Waals surface area contributed by atoms with Crippen LogP contribution in [0.4, 0.5) is 14.9 Å². The van der Waals surface area contributed by atoms with Crippen molar-refractivity contribution in [2.75, 3.05) is 24.3 Å². The molecule has 1 amide bonds. The number of carbonyl (C=O) groups is 1. The molecule has 25 heavy (non-hydrogen) atoms. The van der Waals surface area contributed by atoms with Gasteiger partial charge in [-0.2, -0.15) is 0 Å². The molecule has 0 radical (unpaired) electrons. The standard InChI is InChI=1S/C17H16FNO3S.C2H6/c1-23-14-5-2-11(3-6-14)15-7-4-12(8-16(15)18)19-9-13(10-20)22-17(19)21;1-2/h2-8,13,20H,9-10H2,1H3;1-2H3. The molecule has 2 aromatic carbocycles. The Hall–Kier alpha value is -2.05. The Morgan fingerprint density at radius 1 is 1.24 bits per heavy atom. The SMILES string of the molecule is CC.CSc1ccc(-c2ccc(N3CC(CO)OC3=O)cc2F)cc1. The second-order valence-electron chi connectivity index (χ2n) is 5.19. The lowest BCUT2D eigenvalue weighted by atomic mass is 10.0. The van der Waals surface area contributed by atoms with Crippen LogP contribution in [-0.2, 0) is 4.74 Å². The molecule has 0 spiro atoms. The zero-order chi connectivity index (χ0) is 18.4. The van der Waals surface area contributed by atoms with Crippen molar-refractivity contribution < 1.29 is 19.0 Å². The number of hydrogen-bond donors (Lipinski definition) is 1. The van der Waals surface area contributed by atoms with Gasteiger partial charge in [0.2, 0.25) is 0 Å². The Balaban J connectivity index is 0.00000109. The highest BCUT2D eigenvalue weighted by Crippen LogP contribution is 2.30. The number of hydrogen-bond acceptors (Lipinski definition) is 4. The summed E-state index contributed by atoms with van der Waals surface area (Å²) < 4.78 is 19.4. The van der Waals surface area contributed by atoms with E-state index in [2.05, 4.69) is 0 Å². The first-order valence-corrected chi connectivity index (χ1v) is 9.38. The van der Waals surface area contributed by atoms with Gasteiger partial charge in [0.25, 0.3) is 0 Å². The molecule has 0 aliphatic carbocycles. The molecule has 1 unspecified atom stereocenters. The third-order valence-electron chi connectivity index (χ3n) is 3.74. The van der Waals surface area contributed by atoms with Crippen LogP contribution in [0.2, 0.25) is 0 Å². The number of ether oxygens (including phenoxy) is 1. The predicted molar refractivity (Wildman–Crippen MR) is 99.7 cm³/mol. The summed E-state index contributed by atoms with van der Waals surface area (Å²) in [6.45, 7) is 3.97. The number of aliphatic hydroxyl groups is 1. The van der Waals surface area contributed by atoms with Gasteiger partial charge in [-0.15, -0.1) is 11.8 Å². The first-order chi connectivity index (χ1) is 12.1. The topological polar surface area (TPSA) is 49.8 Å². The monoisotopic (exact) mass is 363 g/mol. The van der Waals surface area contributed by atoms with E-state index >= 15 is 0 Å². The molecule has 0 saturated carbocycles. The minimum absolute atomic E-state index is 0.219. The first-order valence-electron chi connectivity index (χ1n) is 8.15. The molecular formula is C19H22FNO3S. The van der Waals surface area contributed by atoms with Crippen molar-refractivity contribution in [2.45, 2.75) is 24.8 Å². The predicted octanol–water partition coefficient (Wildman–Crippen LogP) is 4.56. The smallest absolute Gasteiger partial charge is 0.414 e. The maximum atomic E-state index is 14.4. The Morgan fingerprint density at radius 3 is 2.44 bits per heavy atom. The zero-order valence-electron chi connectivity index (χ0n) is 14.5. The van der Waals surface area contributed by atoms with Gasteiger partial charge in [0, 0.05) is 10.5 Å². The summed E-state index contributed by atoms with van der Waals surface area (Å²) in [5, 5.41) is 9.06. The maximum Gasteiger partial charge on any atom is 0.414 e. The summed E-state index contributed by atoms with van der Waals surface area (Å²) in [5.41, 5.74) is 1.68. The zero-order valence-corrected chi connectivity index (χ0v) is 15.3. The Morgan fingerprint density at radius 2 is 1.92 bits per heavy atom. The normalized spacial score (nSPS) is 16.3. The summed E-state index contributed by atoms with van der Waals surface area (Å²) in [7, 11) is 0. The molecule has 1 heterocycles. The van der Waals surface area contributed by atoms with Crippen LogP contribution in [0.3, 0.4) is 0 Å². The number of cyclic esters (lactones) is 1. The van der Waals surface area contributed by atoms with Gasteiger partial charge in [-0.1, -0.05) is 26.0 Å². The van der Waals surface area contributed by atoms with E-state index in [1.54, 1.807) is 23.9 Å². The van der Waals surface area contributed by atoms with Crippen molar-refractivity contribution >= 4 is 23.5 Å². The Bertz CT molecular complexity index is 721. The molecule has 0 bridgehead atoms. The molecule has 1 fully saturated rings. The van der Waals surface area contributed by atoms with Crippen LogP contribution in [0.25, 0.3) is 11.1 Å². The van der Waals surface area contributed by atoms with Crippen LogP contribution in [0.15, 0.2) is 47.4 Å². The minimum atomic E-state index is -0.569. The van der Waals surface area contributed by atoms with Gasteiger partial charge in [-0.05, 0) is 42.2 Å². The quantitative estimate of drug-likeness (QED) is 0.809. The van der Waals surface area contributed by atoms with Gasteiger partial charge in [-0.3, -0.25) is 4.90 Å². The number of anilines is 1. The molecule has 3 rings (SSSR count). The van der Waals surface area contributed by atoms with Crippen LogP contribution in [-0.4, -0.2) is 36.7 Å². The molecule has 6 heteroatoms. The van der Waals surface area contributed by atoms with E-state index in [1.807, 2.05) is 44.4 Å². The van der Waals surface area contributed by atoms with E-state index < -0.39 is 18.0 Å². The second-order valence-corrected chi connectivity index (χ2v) is 6.07. The summed E-state index contributed by atoms with van der Waals surface area (Å²) in [6.07, 6.45) is 0.851. The van der Waals surface area contributed by atoms with E-state index in [9.17, 15) is 9.18 Å². The number of aliphatic hydroxyl groups excluding tert-OH is 1. The number of rotatable bonds is 4. The van der Waals surface area contributed by atoms with E-state index in [4.69, 9.17) is 9.84 Å². The molecule has 1 saturated heterocycles. The fourth-order valence-electron chi connectivity index (χ4n) is 2.50. The van der Waals surface area contributed by atoms with Crippen molar-refractivity contribution in [2.24, 2.45) is 0 Å². The fourth-order valence-corrected chi connectivity index (χ4v) is 2.91. The first kappa shape index (κ1) is 19.3. The molecular weight excluding hydrogens is 341 g/mol. The van der Waals surface area contributed by atoms with Crippen LogP contribution in [0, 0.1) is 5.82 Å². The van der Waals surface area contributed by atoms with Crippen molar-refractivity contribution in [3.8, 4) is 11.1 Å². The number of thioether (sulfide) groups is 1. The summed E-state index contributed by atoms with van der Waals surface area (Å²) >= 11 is 1.63. The summed E-state index contributed by atoms with van der Waals surface area (Å²) in [4.78, 5) is 14.2. The lowest BCUT2D eigenvalue weighted by Crippen LogP contribution is -2.25. The average Bonchev–Trinajstić information content (AvgIpc) is 3.04. The molecule has 4 nitrogen and oxygen atoms in total. The highest BCUT2D eigenvalue weighted by molar-refractivity contribution is 7.98. The Labute approximate surface area is 151 Å². The third kappa shape index (κ3) is 4.32. The minimum Gasteiger partial charge on any atom is -0.441 e. The van der Waals surface area contributed by atoms with E-state index in [0.29, 0.717) is 11.3 Å². The van der Waals surface area contributed by atoms with Gasteiger partial charge in [0.15, 0.2) is 0 Å². The number of nitrogens with zero attached hydrogens (tertiary/aromatic N) is 1. The van der Waals surface area contributed by atoms with Crippen LogP contribution in [0.1, 0.15) is 13.8 Å². The van der Waals surface area contributed by atoms with E-state index in [0.717, 1.165) is 10.5 Å². The van der Waals surface area contributed by atoms with Crippen LogP contribution < -0.4 is 4.90 Å². The highest BCUT2D eigenvalue weighted by Gasteiger charge is 2.32. The summed E-state index contributed by atoms with van der Waals surface area (Å²) in [6, 6.07) is 12.3. The summed E-state index contributed by atoms with van der Waals surface area (Å²) in [5.74, 6) is -0.403. The fraction of sp³-hybridized carbons (Fsp3) is 0.316. The second kappa shape index (κ2) is 8.87. The van der Waals surface area contributed by atoms with E-state index in [-0.39, 0.29) is 13.2 Å². The molecule has 0 aromatic heterocycles. The average molecular weight is 363 g/mol. The van der Waals surface area contributed by atoms with Crippen LogP contribution >= 0.6 is 11.8 Å². The lowest BCUT2D eigenvalue weighted by Gasteiger charge is -2.14. The molecule has 1 N–H and O–H groups in total. The molecule has 2 aromatic rings. The van der Waals surface area contributed by atoms with Crippen molar-refractivity contribution in [3.05, 3.63) is 48.3 Å². The Kier molecular flexibility index (Phi) is 6.84. The lowest BCUT2D eigenvalue weighted by molar-refractivity contribution is 0.0963. The van der Waals surface area contributed by atoms with Crippen molar-refractivity contribution in [1.82, 2.24) is 0 Å². The van der Waals surface area contributed by atoms with Gasteiger partial charge in [0.05, 0.1) is 18.8 Å². The molecule has 1 aliphatic heterocycles. The van der Waals surface area contributed by atoms with Gasteiger partial charge >= 0.3 is 6.09 Å². The van der Waals surface area contributed by atoms with Gasteiger partial charge in [0.1, 0.15) is 11.9 Å². The largest absolute Gasteiger partial charge is 0.441 e. The number of benzene rings is 2. The third-order valence-corrected chi connectivity index (χ3v) is 4.49. The molecule has 1 atom stereocenters. The van der Waals surface area contributed by atoms with Gasteiger partial charge in [-0.25, -0.2) is 9.18 Å². The molecule has 134 valence electrons. The van der Waals surface area contributed by atoms with Crippen LogP contribution in [0.5, 0.6) is 0 Å². The number of amides is 1. The maximum absolute atomic E-state index is 14.4. The number of halogens is 1. The van der Waals surface area contributed by atoms with Gasteiger partial charge < -0.3 is 9.84 Å². The van der Waals surface area contributed by atoms with Crippen molar-refractivity contribution in [3.63, 3.8) is 0 Å². The molecule has 1 aliphatic rings.